The van der Waals surface area contributed by atoms with Crippen molar-refractivity contribution in [1.82, 2.24) is 9.88 Å². The fourth-order valence-corrected chi connectivity index (χ4v) is 2.55. The van der Waals surface area contributed by atoms with Crippen molar-refractivity contribution in [1.29, 1.82) is 0 Å². The van der Waals surface area contributed by atoms with Crippen molar-refractivity contribution < 1.29 is 14.4 Å². The first-order valence-corrected chi connectivity index (χ1v) is 7.62. The summed E-state index contributed by atoms with van der Waals surface area (Å²) < 4.78 is 1.81. The number of anilines is 1. The molecule has 1 N–H and O–H groups in total. The van der Waals surface area contributed by atoms with Crippen molar-refractivity contribution in [2.75, 3.05) is 4.90 Å². The van der Waals surface area contributed by atoms with Gasteiger partial charge in [0, 0.05) is 19.4 Å². The standard InChI is InChI=1S/C18H17N3O3/c1-3-12-4-6-14(7-5-12)21-17(23)15(16(22)19-18(21)24)10-13-8-9-20(2)11-13/h4-11H,3H2,1-2H3,(H,19,22,24)/b15-10-. The highest BCUT2D eigenvalue weighted by molar-refractivity contribution is 6.39. The van der Waals surface area contributed by atoms with E-state index in [0.717, 1.165) is 16.9 Å². The lowest BCUT2D eigenvalue weighted by Crippen LogP contribution is -2.54. The number of carbonyl (C=O) groups is 3. The molecule has 1 aromatic carbocycles. The largest absolute Gasteiger partial charge is 0.357 e. The minimum atomic E-state index is -0.737. The SMILES string of the molecule is CCc1ccc(N2C(=O)NC(=O)/C(=C/c3ccn(C)c3)C2=O)cc1. The molecule has 122 valence electrons. The minimum Gasteiger partial charge on any atom is -0.357 e. The average molecular weight is 323 g/mol. The van der Waals surface area contributed by atoms with Crippen LogP contribution in [0.5, 0.6) is 0 Å². The smallest absolute Gasteiger partial charge is 0.335 e. The van der Waals surface area contributed by atoms with Crippen molar-refractivity contribution in [3.8, 4) is 0 Å². The number of urea groups is 1. The van der Waals surface area contributed by atoms with Gasteiger partial charge in [-0.05, 0) is 41.8 Å². The zero-order valence-electron chi connectivity index (χ0n) is 13.4. The molecule has 1 aliphatic rings. The van der Waals surface area contributed by atoms with Crippen LogP contribution in [0.2, 0.25) is 0 Å². The quantitative estimate of drug-likeness (QED) is 0.695. The normalized spacial score (nSPS) is 16.7. The van der Waals surface area contributed by atoms with Crippen molar-refractivity contribution in [3.63, 3.8) is 0 Å². The van der Waals surface area contributed by atoms with Crippen molar-refractivity contribution >= 4 is 29.6 Å². The molecule has 1 aromatic heterocycles. The molecule has 2 heterocycles. The zero-order chi connectivity index (χ0) is 17.3. The Bertz CT molecular complexity index is 847. The zero-order valence-corrected chi connectivity index (χ0v) is 13.4. The fourth-order valence-electron chi connectivity index (χ4n) is 2.55. The predicted octanol–water partition coefficient (Wildman–Crippen LogP) is 2.25. The number of imide groups is 2. The van der Waals surface area contributed by atoms with Crippen LogP contribution in [0.4, 0.5) is 10.5 Å². The number of amides is 4. The third kappa shape index (κ3) is 2.86. The maximum absolute atomic E-state index is 12.7. The summed E-state index contributed by atoms with van der Waals surface area (Å²) in [5.41, 5.74) is 2.17. The van der Waals surface area contributed by atoms with Gasteiger partial charge in [0.05, 0.1) is 5.69 Å². The third-order valence-electron chi connectivity index (χ3n) is 3.87. The van der Waals surface area contributed by atoms with E-state index in [9.17, 15) is 14.4 Å². The highest BCUT2D eigenvalue weighted by Crippen LogP contribution is 2.22. The molecule has 3 rings (SSSR count). The maximum atomic E-state index is 12.7. The molecule has 0 atom stereocenters. The molecular weight excluding hydrogens is 306 g/mol. The van der Waals surface area contributed by atoms with E-state index in [1.165, 1.54) is 6.08 Å². The molecule has 24 heavy (non-hydrogen) atoms. The Labute approximate surface area is 139 Å². The number of hydrogen-bond acceptors (Lipinski definition) is 3. The van der Waals surface area contributed by atoms with E-state index in [1.807, 2.05) is 36.9 Å². The second-order valence-corrected chi connectivity index (χ2v) is 5.59. The minimum absolute atomic E-state index is 0.0691. The van der Waals surface area contributed by atoms with Crippen LogP contribution in [0.15, 0.2) is 48.3 Å². The van der Waals surface area contributed by atoms with E-state index in [1.54, 1.807) is 24.4 Å². The van der Waals surface area contributed by atoms with Crippen LogP contribution in [-0.4, -0.2) is 22.4 Å². The van der Waals surface area contributed by atoms with Gasteiger partial charge in [0.1, 0.15) is 5.57 Å². The Morgan fingerprint density at radius 1 is 1.08 bits per heavy atom. The molecule has 0 unspecified atom stereocenters. The van der Waals surface area contributed by atoms with Gasteiger partial charge in [0.2, 0.25) is 0 Å². The molecular formula is C18H17N3O3. The Balaban J connectivity index is 1.97. The van der Waals surface area contributed by atoms with Gasteiger partial charge in [-0.2, -0.15) is 0 Å². The summed E-state index contributed by atoms with van der Waals surface area (Å²) >= 11 is 0. The molecule has 2 aromatic rings. The second kappa shape index (κ2) is 6.16. The molecule has 0 saturated carbocycles. The molecule has 1 aliphatic heterocycles. The van der Waals surface area contributed by atoms with E-state index >= 15 is 0 Å². The van der Waals surface area contributed by atoms with Crippen molar-refractivity contribution in [2.45, 2.75) is 13.3 Å². The number of barbiturate groups is 1. The molecule has 0 aliphatic carbocycles. The van der Waals surface area contributed by atoms with Gasteiger partial charge in [-0.3, -0.25) is 14.9 Å². The average Bonchev–Trinajstić information content (AvgIpc) is 2.97. The van der Waals surface area contributed by atoms with Crippen LogP contribution in [0, 0.1) is 0 Å². The number of nitrogens with one attached hydrogen (secondary N) is 1. The Morgan fingerprint density at radius 3 is 2.38 bits per heavy atom. The highest BCUT2D eigenvalue weighted by atomic mass is 16.2. The Morgan fingerprint density at radius 2 is 1.79 bits per heavy atom. The molecule has 0 radical (unpaired) electrons. The van der Waals surface area contributed by atoms with Crippen molar-refractivity contribution in [2.24, 2.45) is 7.05 Å². The van der Waals surface area contributed by atoms with Gasteiger partial charge < -0.3 is 4.57 Å². The first kappa shape index (κ1) is 15.7. The summed E-state index contributed by atoms with van der Waals surface area (Å²) in [5.74, 6) is -1.31. The maximum Gasteiger partial charge on any atom is 0.335 e. The van der Waals surface area contributed by atoms with Crippen LogP contribution in [-0.2, 0) is 23.1 Å². The van der Waals surface area contributed by atoms with E-state index in [-0.39, 0.29) is 5.57 Å². The highest BCUT2D eigenvalue weighted by Gasteiger charge is 2.36. The number of nitrogens with zero attached hydrogens (tertiary/aromatic N) is 2. The molecule has 6 heteroatoms. The van der Waals surface area contributed by atoms with Gasteiger partial charge in [-0.15, -0.1) is 0 Å². The Kier molecular flexibility index (Phi) is 4.04. The number of aryl methyl sites for hydroxylation is 2. The van der Waals surface area contributed by atoms with Crippen LogP contribution in [0.25, 0.3) is 6.08 Å². The van der Waals surface area contributed by atoms with Crippen LogP contribution < -0.4 is 10.2 Å². The third-order valence-corrected chi connectivity index (χ3v) is 3.87. The first-order valence-electron chi connectivity index (χ1n) is 7.62. The van der Waals surface area contributed by atoms with Gasteiger partial charge in [0.25, 0.3) is 11.8 Å². The summed E-state index contributed by atoms with van der Waals surface area (Å²) in [4.78, 5) is 37.8. The summed E-state index contributed by atoms with van der Waals surface area (Å²) in [5, 5.41) is 2.22. The van der Waals surface area contributed by atoms with Gasteiger partial charge in [-0.25, -0.2) is 9.69 Å². The summed E-state index contributed by atoms with van der Waals surface area (Å²) in [6.07, 6.45) is 5.93. The van der Waals surface area contributed by atoms with Crippen LogP contribution in [0.3, 0.4) is 0 Å². The number of carbonyl (C=O) groups excluding carboxylic acids is 3. The van der Waals surface area contributed by atoms with Gasteiger partial charge in [0.15, 0.2) is 0 Å². The van der Waals surface area contributed by atoms with Gasteiger partial charge in [-0.1, -0.05) is 19.1 Å². The van der Waals surface area contributed by atoms with E-state index in [0.29, 0.717) is 11.3 Å². The van der Waals surface area contributed by atoms with Gasteiger partial charge >= 0.3 is 6.03 Å². The second-order valence-electron chi connectivity index (χ2n) is 5.59. The van der Waals surface area contributed by atoms with Crippen LogP contribution in [0.1, 0.15) is 18.1 Å². The molecule has 6 nitrogen and oxygen atoms in total. The molecule has 0 bridgehead atoms. The molecule has 4 amide bonds. The molecule has 1 fully saturated rings. The lowest BCUT2D eigenvalue weighted by molar-refractivity contribution is -0.122. The topological polar surface area (TPSA) is 71.4 Å². The number of benzene rings is 1. The Hall–Kier alpha value is -3.15. The lowest BCUT2D eigenvalue weighted by Gasteiger charge is -2.26. The summed E-state index contributed by atoms with van der Waals surface area (Å²) in [7, 11) is 1.84. The number of hydrogen-bond donors (Lipinski definition) is 1. The number of rotatable bonds is 3. The van der Waals surface area contributed by atoms with Crippen molar-refractivity contribution in [3.05, 3.63) is 59.4 Å². The van der Waals surface area contributed by atoms with E-state index in [2.05, 4.69) is 5.32 Å². The number of aromatic nitrogens is 1. The fraction of sp³-hybridized carbons (Fsp3) is 0.167. The monoisotopic (exact) mass is 323 g/mol. The summed E-state index contributed by atoms with van der Waals surface area (Å²) in [6.45, 7) is 2.02. The summed E-state index contributed by atoms with van der Waals surface area (Å²) in [6, 6.07) is 8.15. The predicted molar refractivity (Wildman–Crippen MR) is 90.2 cm³/mol. The van der Waals surface area contributed by atoms with E-state index in [4.69, 9.17) is 0 Å². The molecule has 1 saturated heterocycles. The first-order chi connectivity index (χ1) is 11.5. The lowest BCUT2D eigenvalue weighted by atomic mass is 10.1. The molecule has 0 spiro atoms. The van der Waals surface area contributed by atoms with Crippen LogP contribution >= 0.6 is 0 Å². The van der Waals surface area contributed by atoms with E-state index < -0.39 is 17.8 Å².